The first-order valence-electron chi connectivity index (χ1n) is 6.59. The van der Waals surface area contributed by atoms with Crippen LogP contribution in [0, 0.1) is 6.92 Å². The van der Waals surface area contributed by atoms with Crippen LogP contribution in [0.2, 0.25) is 0 Å². The quantitative estimate of drug-likeness (QED) is 0.784. The number of hydrogen-bond acceptors (Lipinski definition) is 4. The number of carbonyl (C=O) groups excluding carboxylic acids is 1. The van der Waals surface area contributed by atoms with E-state index in [1.807, 2.05) is 32.9 Å². The van der Waals surface area contributed by atoms with Gasteiger partial charge >= 0.3 is 0 Å². The standard InChI is InChI=1S/C15H17N3O2/c1-4-13-14(12-7-6-11(3)16-10-12)18(8-9-19)17-15(13)20-5-2/h6-8,10H,4-5H2,1-3H3. The van der Waals surface area contributed by atoms with Crippen molar-refractivity contribution >= 4 is 12.1 Å². The SMILES string of the molecule is CCOc1nn(C=C=O)c(-c2ccc(C)nc2)c1CC. The van der Waals surface area contributed by atoms with E-state index < -0.39 is 0 Å². The van der Waals surface area contributed by atoms with Gasteiger partial charge in [0.15, 0.2) is 0 Å². The van der Waals surface area contributed by atoms with Gasteiger partial charge in [0, 0.05) is 23.0 Å². The van der Waals surface area contributed by atoms with Crippen molar-refractivity contribution in [2.75, 3.05) is 6.61 Å². The third kappa shape index (κ3) is 2.63. The van der Waals surface area contributed by atoms with Crippen LogP contribution < -0.4 is 4.74 Å². The maximum absolute atomic E-state index is 10.7. The molecule has 2 aromatic heterocycles. The van der Waals surface area contributed by atoms with Crippen molar-refractivity contribution in [1.82, 2.24) is 14.8 Å². The Morgan fingerprint density at radius 3 is 2.75 bits per heavy atom. The van der Waals surface area contributed by atoms with Crippen molar-refractivity contribution < 1.29 is 9.53 Å². The summed E-state index contributed by atoms with van der Waals surface area (Å²) in [6.07, 6.45) is 3.79. The zero-order valence-electron chi connectivity index (χ0n) is 11.9. The second-order valence-electron chi connectivity index (χ2n) is 4.30. The van der Waals surface area contributed by atoms with Crippen molar-refractivity contribution in [3.8, 4) is 17.1 Å². The fraction of sp³-hybridized carbons (Fsp3) is 0.333. The average Bonchev–Trinajstić information content (AvgIpc) is 2.78. The zero-order valence-corrected chi connectivity index (χ0v) is 11.9. The lowest BCUT2D eigenvalue weighted by atomic mass is 10.1. The summed E-state index contributed by atoms with van der Waals surface area (Å²) in [5.74, 6) is 2.31. The summed E-state index contributed by atoms with van der Waals surface area (Å²) in [7, 11) is 0. The largest absolute Gasteiger partial charge is 0.477 e. The van der Waals surface area contributed by atoms with Gasteiger partial charge in [0.05, 0.1) is 12.3 Å². The number of rotatable bonds is 5. The lowest BCUT2D eigenvalue weighted by Crippen LogP contribution is -1.95. The fourth-order valence-electron chi connectivity index (χ4n) is 2.08. The molecule has 0 unspecified atom stereocenters. The number of aryl methyl sites for hydroxylation is 1. The first kappa shape index (κ1) is 14.0. The van der Waals surface area contributed by atoms with Crippen molar-refractivity contribution in [3.63, 3.8) is 0 Å². The van der Waals surface area contributed by atoms with E-state index >= 15 is 0 Å². The van der Waals surface area contributed by atoms with E-state index in [1.165, 1.54) is 10.9 Å². The van der Waals surface area contributed by atoms with Crippen LogP contribution in [0.25, 0.3) is 17.5 Å². The molecule has 5 heteroatoms. The number of aromatic nitrogens is 3. The molecule has 0 aliphatic rings. The molecular weight excluding hydrogens is 254 g/mol. The van der Waals surface area contributed by atoms with Gasteiger partial charge in [-0.15, -0.1) is 5.10 Å². The highest BCUT2D eigenvalue weighted by Gasteiger charge is 2.18. The minimum Gasteiger partial charge on any atom is -0.477 e. The third-order valence-corrected chi connectivity index (χ3v) is 2.97. The third-order valence-electron chi connectivity index (χ3n) is 2.97. The van der Waals surface area contributed by atoms with Crippen LogP contribution >= 0.6 is 0 Å². The van der Waals surface area contributed by atoms with E-state index in [1.54, 1.807) is 12.1 Å². The minimum atomic E-state index is 0.528. The van der Waals surface area contributed by atoms with E-state index in [0.717, 1.165) is 28.9 Å². The van der Waals surface area contributed by atoms with Gasteiger partial charge in [-0.25, -0.2) is 9.48 Å². The highest BCUT2D eigenvalue weighted by atomic mass is 16.5. The number of hydrogen-bond donors (Lipinski definition) is 0. The van der Waals surface area contributed by atoms with E-state index in [0.29, 0.717) is 12.5 Å². The van der Waals surface area contributed by atoms with Gasteiger partial charge < -0.3 is 4.74 Å². The van der Waals surface area contributed by atoms with Crippen LogP contribution in [0.15, 0.2) is 18.3 Å². The average molecular weight is 271 g/mol. The van der Waals surface area contributed by atoms with Gasteiger partial charge in [0.2, 0.25) is 5.88 Å². The van der Waals surface area contributed by atoms with Gasteiger partial charge in [-0.2, -0.15) is 0 Å². The van der Waals surface area contributed by atoms with E-state index in [9.17, 15) is 4.79 Å². The molecule has 104 valence electrons. The molecule has 0 spiro atoms. The Labute approximate surface area is 117 Å². The second-order valence-corrected chi connectivity index (χ2v) is 4.30. The molecule has 20 heavy (non-hydrogen) atoms. The van der Waals surface area contributed by atoms with Crippen molar-refractivity contribution in [1.29, 1.82) is 0 Å². The fourth-order valence-corrected chi connectivity index (χ4v) is 2.08. The van der Waals surface area contributed by atoms with E-state index in [2.05, 4.69) is 10.1 Å². The van der Waals surface area contributed by atoms with E-state index in [4.69, 9.17) is 4.74 Å². The van der Waals surface area contributed by atoms with Crippen molar-refractivity contribution in [2.24, 2.45) is 0 Å². The van der Waals surface area contributed by atoms with Crippen LogP contribution in [0.4, 0.5) is 0 Å². The van der Waals surface area contributed by atoms with Gasteiger partial charge in [-0.1, -0.05) is 6.92 Å². The first-order chi connectivity index (χ1) is 9.71. The van der Waals surface area contributed by atoms with E-state index in [-0.39, 0.29) is 0 Å². The molecule has 2 aromatic rings. The minimum absolute atomic E-state index is 0.528. The van der Waals surface area contributed by atoms with Gasteiger partial charge in [0.1, 0.15) is 12.1 Å². The molecule has 0 radical (unpaired) electrons. The van der Waals surface area contributed by atoms with Crippen LogP contribution in [0.1, 0.15) is 25.1 Å². The number of pyridine rings is 1. The first-order valence-corrected chi connectivity index (χ1v) is 6.59. The lowest BCUT2D eigenvalue weighted by Gasteiger charge is -2.05. The molecule has 0 aromatic carbocycles. The van der Waals surface area contributed by atoms with Gasteiger partial charge in [0.25, 0.3) is 0 Å². The molecule has 0 N–H and O–H groups in total. The van der Waals surface area contributed by atoms with Crippen molar-refractivity contribution in [3.05, 3.63) is 29.6 Å². The summed E-state index contributed by atoms with van der Waals surface area (Å²) in [6, 6.07) is 3.89. The molecule has 5 nitrogen and oxygen atoms in total. The highest BCUT2D eigenvalue weighted by molar-refractivity contribution is 5.73. The molecule has 0 fully saturated rings. The highest BCUT2D eigenvalue weighted by Crippen LogP contribution is 2.31. The monoisotopic (exact) mass is 271 g/mol. The summed E-state index contributed by atoms with van der Waals surface area (Å²) >= 11 is 0. The predicted octanol–water partition coefficient (Wildman–Crippen LogP) is 2.52. The van der Waals surface area contributed by atoms with Crippen LogP contribution in [0.5, 0.6) is 5.88 Å². The Kier molecular flexibility index (Phi) is 4.33. The maximum Gasteiger partial charge on any atom is 0.237 e. The van der Waals surface area contributed by atoms with Crippen LogP contribution in [0.3, 0.4) is 0 Å². The Bertz CT molecular complexity index is 638. The topological polar surface area (TPSA) is 57.0 Å². The Balaban J connectivity index is 2.64. The Hall–Kier alpha value is -2.39. The summed E-state index contributed by atoms with van der Waals surface area (Å²) in [5, 5.41) is 4.31. The molecule has 0 saturated heterocycles. The van der Waals surface area contributed by atoms with Crippen LogP contribution in [-0.4, -0.2) is 27.3 Å². The van der Waals surface area contributed by atoms with Gasteiger partial charge in [-0.3, -0.25) is 4.98 Å². The molecule has 0 amide bonds. The molecule has 0 aliphatic carbocycles. The predicted molar refractivity (Wildman–Crippen MR) is 77.2 cm³/mol. The Morgan fingerprint density at radius 1 is 1.40 bits per heavy atom. The molecule has 0 bridgehead atoms. The number of nitrogens with zero attached hydrogens (tertiary/aromatic N) is 3. The van der Waals surface area contributed by atoms with Crippen LogP contribution in [-0.2, 0) is 11.2 Å². The molecule has 0 aliphatic heterocycles. The summed E-state index contributed by atoms with van der Waals surface area (Å²) in [4.78, 5) is 15.0. The summed E-state index contributed by atoms with van der Waals surface area (Å²) in [5.41, 5.74) is 3.63. The second kappa shape index (κ2) is 6.17. The molecule has 0 saturated carbocycles. The number of ether oxygens (including phenoxy) is 1. The smallest absolute Gasteiger partial charge is 0.237 e. The normalized spacial score (nSPS) is 10.2. The zero-order chi connectivity index (χ0) is 14.5. The summed E-state index contributed by atoms with van der Waals surface area (Å²) < 4.78 is 7.04. The molecule has 0 atom stereocenters. The van der Waals surface area contributed by atoms with Gasteiger partial charge in [-0.05, 0) is 32.4 Å². The maximum atomic E-state index is 10.7. The van der Waals surface area contributed by atoms with Crippen molar-refractivity contribution in [2.45, 2.75) is 27.2 Å². The Morgan fingerprint density at radius 2 is 2.20 bits per heavy atom. The molecule has 2 rings (SSSR count). The lowest BCUT2D eigenvalue weighted by molar-refractivity contribution is 0.322. The summed E-state index contributed by atoms with van der Waals surface area (Å²) in [6.45, 7) is 6.39. The molecule has 2 heterocycles. The molecular formula is C15H17N3O2.